The van der Waals surface area contributed by atoms with Gasteiger partial charge in [-0.25, -0.2) is 9.37 Å². The third kappa shape index (κ3) is 2.76. The van der Waals surface area contributed by atoms with Gasteiger partial charge in [0.1, 0.15) is 12.0 Å². The highest BCUT2D eigenvalue weighted by Crippen LogP contribution is 2.28. The van der Waals surface area contributed by atoms with Gasteiger partial charge in [-0.05, 0) is 30.7 Å². The van der Waals surface area contributed by atoms with Crippen molar-refractivity contribution in [2.75, 3.05) is 5.32 Å². The Balaban J connectivity index is 2.45. The summed E-state index contributed by atoms with van der Waals surface area (Å²) in [6, 6.07) is 4.36. The molecule has 0 spiro atoms. The van der Waals surface area contributed by atoms with E-state index < -0.39 is 10.7 Å². The van der Waals surface area contributed by atoms with E-state index in [-0.39, 0.29) is 16.8 Å². The van der Waals surface area contributed by atoms with Crippen LogP contribution >= 0.6 is 11.6 Å². The third-order valence-electron chi connectivity index (χ3n) is 2.46. The Morgan fingerprint density at radius 3 is 2.89 bits per heavy atom. The molecule has 1 N–H and O–H groups in total. The van der Waals surface area contributed by atoms with Crippen molar-refractivity contribution in [2.45, 2.75) is 6.92 Å². The van der Waals surface area contributed by atoms with Crippen molar-refractivity contribution in [3.8, 4) is 0 Å². The molecule has 1 aromatic carbocycles. The lowest BCUT2D eigenvalue weighted by Gasteiger charge is -2.09. The van der Waals surface area contributed by atoms with E-state index in [1.165, 1.54) is 12.1 Å². The highest BCUT2D eigenvalue weighted by molar-refractivity contribution is 6.28. The van der Waals surface area contributed by atoms with Crippen LogP contribution in [0.3, 0.4) is 0 Å². The van der Waals surface area contributed by atoms with Crippen molar-refractivity contribution >= 4 is 28.8 Å². The predicted molar refractivity (Wildman–Crippen MR) is 68.1 cm³/mol. The summed E-state index contributed by atoms with van der Waals surface area (Å²) < 4.78 is 13.4. The van der Waals surface area contributed by atoms with Gasteiger partial charge in [0, 0.05) is 11.3 Å². The van der Waals surface area contributed by atoms with Crippen LogP contribution in [0.15, 0.2) is 24.4 Å². The number of nitrogens with one attached hydrogen (secondary N) is 1. The summed E-state index contributed by atoms with van der Waals surface area (Å²) in [6.45, 7) is 1.55. The monoisotopic (exact) mass is 282 g/mol. The summed E-state index contributed by atoms with van der Waals surface area (Å²) in [5, 5.41) is 13.4. The number of nitro groups is 1. The summed E-state index contributed by atoms with van der Waals surface area (Å²) in [5.74, 6) is -0.508. The van der Waals surface area contributed by atoms with Gasteiger partial charge in [0.2, 0.25) is 11.1 Å². The summed E-state index contributed by atoms with van der Waals surface area (Å²) in [5.41, 5.74) is 0.359. The minimum Gasteiger partial charge on any atom is -0.334 e. The average molecular weight is 283 g/mol. The van der Waals surface area contributed by atoms with E-state index in [1.807, 2.05) is 0 Å². The summed E-state index contributed by atoms with van der Waals surface area (Å²) in [4.78, 5) is 17.5. The van der Waals surface area contributed by atoms with Crippen LogP contribution in [0.25, 0.3) is 0 Å². The smallest absolute Gasteiger partial charge is 0.329 e. The Labute approximate surface area is 112 Å². The van der Waals surface area contributed by atoms with Gasteiger partial charge in [-0.15, -0.1) is 0 Å². The van der Waals surface area contributed by atoms with Crippen molar-refractivity contribution in [2.24, 2.45) is 0 Å². The van der Waals surface area contributed by atoms with Crippen LogP contribution in [-0.4, -0.2) is 14.9 Å². The molecule has 0 aliphatic rings. The van der Waals surface area contributed by atoms with Gasteiger partial charge in [0.15, 0.2) is 0 Å². The predicted octanol–water partition coefficient (Wildman–Crippen LogP) is 3.23. The lowest BCUT2D eigenvalue weighted by molar-refractivity contribution is -0.384. The molecule has 0 amide bonds. The second-order valence-corrected chi connectivity index (χ2v) is 4.01. The first-order valence-electron chi connectivity index (χ1n) is 5.18. The maximum absolute atomic E-state index is 13.4. The zero-order valence-electron chi connectivity index (χ0n) is 9.72. The first-order valence-corrected chi connectivity index (χ1v) is 5.56. The molecule has 0 radical (unpaired) electrons. The molecule has 0 saturated carbocycles. The van der Waals surface area contributed by atoms with Crippen molar-refractivity contribution in [3.05, 3.63) is 51.2 Å². The molecule has 6 nitrogen and oxygen atoms in total. The van der Waals surface area contributed by atoms with Crippen molar-refractivity contribution in [3.63, 3.8) is 0 Å². The molecule has 2 rings (SSSR count). The minimum absolute atomic E-state index is 0.0845. The molecule has 2 aromatic rings. The van der Waals surface area contributed by atoms with Crippen molar-refractivity contribution < 1.29 is 9.31 Å². The molecule has 0 bridgehead atoms. The minimum atomic E-state index is -0.646. The molecule has 0 unspecified atom stereocenters. The second kappa shape index (κ2) is 5.15. The zero-order chi connectivity index (χ0) is 14.0. The van der Waals surface area contributed by atoms with E-state index in [2.05, 4.69) is 15.3 Å². The van der Waals surface area contributed by atoms with E-state index in [9.17, 15) is 14.5 Å². The number of rotatable bonds is 3. The van der Waals surface area contributed by atoms with Crippen LogP contribution < -0.4 is 5.32 Å². The number of hydrogen-bond acceptors (Lipinski definition) is 5. The normalized spacial score (nSPS) is 10.3. The summed E-state index contributed by atoms with van der Waals surface area (Å²) >= 11 is 5.60. The highest BCUT2D eigenvalue weighted by atomic mass is 35.5. The topological polar surface area (TPSA) is 81.0 Å². The van der Waals surface area contributed by atoms with Gasteiger partial charge in [-0.3, -0.25) is 10.1 Å². The summed E-state index contributed by atoms with van der Waals surface area (Å²) in [6.07, 6.45) is 0.992. The van der Waals surface area contributed by atoms with Crippen LogP contribution in [0.5, 0.6) is 0 Å². The fourth-order valence-corrected chi connectivity index (χ4v) is 1.58. The summed E-state index contributed by atoms with van der Waals surface area (Å²) in [7, 11) is 0. The lowest BCUT2D eigenvalue weighted by Crippen LogP contribution is -2.02. The van der Waals surface area contributed by atoms with Gasteiger partial charge in [0.05, 0.1) is 4.92 Å². The SMILES string of the molecule is Cc1c(F)cccc1Nc1nc(Cl)ncc1[N+](=O)[O-]. The fourth-order valence-electron chi connectivity index (χ4n) is 1.45. The molecule has 0 atom stereocenters. The van der Waals surface area contributed by atoms with Gasteiger partial charge >= 0.3 is 5.69 Å². The number of nitrogens with zero attached hydrogens (tertiary/aromatic N) is 3. The largest absolute Gasteiger partial charge is 0.334 e. The number of hydrogen-bond donors (Lipinski definition) is 1. The number of halogens is 2. The van der Waals surface area contributed by atoms with E-state index in [4.69, 9.17) is 11.6 Å². The Kier molecular flexibility index (Phi) is 3.57. The number of anilines is 2. The van der Waals surface area contributed by atoms with E-state index >= 15 is 0 Å². The maximum atomic E-state index is 13.4. The molecule has 1 aromatic heterocycles. The first kappa shape index (κ1) is 13.2. The van der Waals surface area contributed by atoms with Gasteiger partial charge in [-0.2, -0.15) is 4.98 Å². The Bertz CT molecular complexity index is 651. The van der Waals surface area contributed by atoms with Gasteiger partial charge in [-0.1, -0.05) is 6.07 Å². The van der Waals surface area contributed by atoms with Crippen LogP contribution in [0, 0.1) is 22.9 Å². The highest BCUT2D eigenvalue weighted by Gasteiger charge is 2.18. The molecule has 1 heterocycles. The van der Waals surface area contributed by atoms with Crippen molar-refractivity contribution in [1.29, 1.82) is 0 Å². The standard InChI is InChI=1S/C11H8ClFN4O2/c1-6-7(13)3-2-4-8(6)15-10-9(17(18)19)5-14-11(12)16-10/h2-5H,1H3,(H,14,15,16). The average Bonchev–Trinajstić information content (AvgIpc) is 2.35. The first-order chi connectivity index (χ1) is 8.99. The lowest BCUT2D eigenvalue weighted by atomic mass is 10.2. The van der Waals surface area contributed by atoms with Crippen LogP contribution in [0.1, 0.15) is 5.56 Å². The quantitative estimate of drug-likeness (QED) is 0.531. The van der Waals surface area contributed by atoms with E-state index in [0.717, 1.165) is 6.20 Å². The molecular weight excluding hydrogens is 275 g/mol. The Morgan fingerprint density at radius 1 is 1.47 bits per heavy atom. The Morgan fingerprint density at radius 2 is 2.21 bits per heavy atom. The molecule has 19 heavy (non-hydrogen) atoms. The second-order valence-electron chi connectivity index (χ2n) is 3.67. The van der Waals surface area contributed by atoms with Crippen LogP contribution in [0.4, 0.5) is 21.6 Å². The van der Waals surface area contributed by atoms with E-state index in [0.29, 0.717) is 11.3 Å². The molecule has 0 aliphatic carbocycles. The molecule has 0 fully saturated rings. The molecule has 8 heteroatoms. The van der Waals surface area contributed by atoms with Crippen LogP contribution in [0.2, 0.25) is 5.28 Å². The van der Waals surface area contributed by atoms with E-state index in [1.54, 1.807) is 13.0 Å². The van der Waals surface area contributed by atoms with Gasteiger partial charge in [0.25, 0.3) is 0 Å². The number of benzene rings is 1. The number of aromatic nitrogens is 2. The fraction of sp³-hybridized carbons (Fsp3) is 0.0909. The van der Waals surface area contributed by atoms with Gasteiger partial charge < -0.3 is 5.32 Å². The Hall–Kier alpha value is -2.28. The zero-order valence-corrected chi connectivity index (χ0v) is 10.5. The molecule has 0 aliphatic heterocycles. The molecule has 0 saturated heterocycles. The molecular formula is C11H8ClFN4O2. The maximum Gasteiger partial charge on any atom is 0.329 e. The van der Waals surface area contributed by atoms with Crippen molar-refractivity contribution in [1.82, 2.24) is 9.97 Å². The van der Waals surface area contributed by atoms with Crippen LogP contribution in [-0.2, 0) is 0 Å². The third-order valence-corrected chi connectivity index (χ3v) is 2.64. The molecule has 98 valence electrons.